The summed E-state index contributed by atoms with van der Waals surface area (Å²) in [5.74, 6) is 0.768. The monoisotopic (exact) mass is 387 g/mol. The Morgan fingerprint density at radius 2 is 2.04 bits per heavy atom. The van der Waals surface area contributed by atoms with Gasteiger partial charge in [0.05, 0.1) is 17.8 Å². The first-order chi connectivity index (χ1) is 11.2. The van der Waals surface area contributed by atoms with E-state index in [0.717, 1.165) is 32.5 Å². The molecule has 4 aromatic rings. The summed E-state index contributed by atoms with van der Waals surface area (Å²) in [6.07, 6.45) is 5.50. The minimum absolute atomic E-state index is 0.577. The largest absolute Gasteiger partial charge is 0.364 e. The van der Waals surface area contributed by atoms with Crippen LogP contribution >= 0.6 is 27.5 Å². The van der Waals surface area contributed by atoms with Crippen molar-refractivity contribution in [3.8, 4) is 0 Å². The van der Waals surface area contributed by atoms with Crippen LogP contribution < -0.4 is 5.32 Å². The Kier molecular flexibility index (Phi) is 3.63. The number of hydrogen-bond acceptors (Lipinski definition) is 4. The summed E-state index contributed by atoms with van der Waals surface area (Å²) in [4.78, 5) is 13.1. The van der Waals surface area contributed by atoms with Crippen LogP contribution in [0.1, 0.15) is 5.69 Å². The molecule has 0 fully saturated rings. The highest BCUT2D eigenvalue weighted by atomic mass is 79.9. The second kappa shape index (κ2) is 5.79. The highest BCUT2D eigenvalue weighted by molar-refractivity contribution is 9.10. The molecule has 23 heavy (non-hydrogen) atoms. The number of halogens is 2. The first-order valence-corrected chi connectivity index (χ1v) is 8.13. The fraction of sp³-hybridized carbons (Fsp3) is 0.0625. The van der Waals surface area contributed by atoms with Gasteiger partial charge in [0, 0.05) is 27.3 Å². The van der Waals surface area contributed by atoms with Crippen molar-refractivity contribution in [2.45, 2.75) is 6.54 Å². The maximum absolute atomic E-state index is 6.00. The third-order valence-corrected chi connectivity index (χ3v) is 4.20. The maximum Gasteiger partial charge on any atom is 0.137 e. The van der Waals surface area contributed by atoms with Gasteiger partial charge in [-0.05, 0) is 46.3 Å². The van der Waals surface area contributed by atoms with Gasteiger partial charge in [0.15, 0.2) is 0 Å². The predicted octanol–water partition coefficient (Wildman–Crippen LogP) is 4.31. The molecule has 3 heterocycles. The second-order valence-electron chi connectivity index (χ2n) is 5.08. The van der Waals surface area contributed by atoms with E-state index in [-0.39, 0.29) is 0 Å². The molecular weight excluding hydrogens is 378 g/mol. The zero-order valence-electron chi connectivity index (χ0n) is 11.9. The minimum Gasteiger partial charge on any atom is -0.364 e. The summed E-state index contributed by atoms with van der Waals surface area (Å²) >= 11 is 9.46. The zero-order valence-corrected chi connectivity index (χ0v) is 14.2. The van der Waals surface area contributed by atoms with E-state index < -0.39 is 0 Å². The van der Waals surface area contributed by atoms with Gasteiger partial charge in [-0.25, -0.2) is 15.0 Å². The summed E-state index contributed by atoms with van der Waals surface area (Å²) in [5, 5.41) is 4.91. The molecule has 1 aromatic carbocycles. The smallest absolute Gasteiger partial charge is 0.137 e. The van der Waals surface area contributed by atoms with Crippen LogP contribution in [-0.4, -0.2) is 19.4 Å². The standard InChI is InChI=1S/C16H11BrClN5/c17-10-1-4-15-22-12(8-23(15)7-10)6-19-16-13-3-2-11(18)5-14(13)20-9-21-16/h1-5,7-9H,6H2,(H,19,20,21). The lowest BCUT2D eigenvalue weighted by Gasteiger charge is -2.06. The van der Waals surface area contributed by atoms with Crippen LogP contribution in [0.5, 0.6) is 0 Å². The molecular formula is C16H11BrClN5. The Morgan fingerprint density at radius 1 is 1.13 bits per heavy atom. The van der Waals surface area contributed by atoms with Gasteiger partial charge >= 0.3 is 0 Å². The summed E-state index contributed by atoms with van der Waals surface area (Å²) in [6, 6.07) is 9.52. The molecule has 5 nitrogen and oxygen atoms in total. The number of imidazole rings is 1. The van der Waals surface area contributed by atoms with Crippen molar-refractivity contribution in [1.29, 1.82) is 0 Å². The van der Waals surface area contributed by atoms with Gasteiger partial charge in [-0.15, -0.1) is 0 Å². The van der Waals surface area contributed by atoms with E-state index >= 15 is 0 Å². The molecule has 7 heteroatoms. The zero-order chi connectivity index (χ0) is 15.8. The molecule has 4 rings (SSSR count). The number of aromatic nitrogens is 4. The molecule has 0 amide bonds. The molecule has 1 N–H and O–H groups in total. The SMILES string of the molecule is Clc1ccc2c(NCc3cn4cc(Br)ccc4n3)ncnc2c1. The van der Waals surface area contributed by atoms with Crippen LogP contribution in [0.15, 0.2) is 53.5 Å². The van der Waals surface area contributed by atoms with Gasteiger partial charge in [0.25, 0.3) is 0 Å². The molecule has 0 unspecified atom stereocenters. The van der Waals surface area contributed by atoms with Crippen molar-refractivity contribution in [2.24, 2.45) is 0 Å². The van der Waals surface area contributed by atoms with Crippen LogP contribution in [0, 0.1) is 0 Å². The molecule has 114 valence electrons. The molecule has 0 bridgehead atoms. The van der Waals surface area contributed by atoms with Gasteiger partial charge in [-0.1, -0.05) is 11.6 Å². The molecule has 0 atom stereocenters. The first kappa shape index (κ1) is 14.4. The molecule has 0 aliphatic rings. The number of rotatable bonds is 3. The van der Waals surface area contributed by atoms with E-state index in [2.05, 4.69) is 36.2 Å². The van der Waals surface area contributed by atoms with Gasteiger partial charge in [0.2, 0.25) is 0 Å². The first-order valence-electron chi connectivity index (χ1n) is 6.96. The fourth-order valence-corrected chi connectivity index (χ4v) is 2.97. The Hall–Kier alpha value is -2.18. The molecule has 0 saturated heterocycles. The van der Waals surface area contributed by atoms with Crippen molar-refractivity contribution in [3.63, 3.8) is 0 Å². The van der Waals surface area contributed by atoms with Crippen molar-refractivity contribution in [3.05, 3.63) is 64.2 Å². The van der Waals surface area contributed by atoms with E-state index in [1.807, 2.05) is 47.1 Å². The van der Waals surface area contributed by atoms with Gasteiger partial charge in [0.1, 0.15) is 17.8 Å². The number of nitrogens with one attached hydrogen (secondary N) is 1. The highest BCUT2D eigenvalue weighted by Crippen LogP contribution is 2.23. The molecule has 0 spiro atoms. The van der Waals surface area contributed by atoms with E-state index in [1.165, 1.54) is 6.33 Å². The van der Waals surface area contributed by atoms with Crippen molar-refractivity contribution in [2.75, 3.05) is 5.32 Å². The number of fused-ring (bicyclic) bond motifs is 2. The summed E-state index contributed by atoms with van der Waals surface area (Å²) in [6.45, 7) is 0.577. The van der Waals surface area contributed by atoms with Gasteiger partial charge < -0.3 is 9.72 Å². The molecule has 0 saturated carbocycles. The average Bonchev–Trinajstić information content (AvgIpc) is 2.94. The average molecular weight is 389 g/mol. The number of benzene rings is 1. The van der Waals surface area contributed by atoms with Crippen LogP contribution in [0.4, 0.5) is 5.82 Å². The van der Waals surface area contributed by atoms with E-state index in [0.29, 0.717) is 11.6 Å². The normalized spacial score (nSPS) is 11.2. The molecule has 3 aromatic heterocycles. The number of pyridine rings is 1. The number of anilines is 1. The van der Waals surface area contributed by atoms with Crippen LogP contribution in [-0.2, 0) is 6.54 Å². The van der Waals surface area contributed by atoms with E-state index in [4.69, 9.17) is 11.6 Å². The Morgan fingerprint density at radius 3 is 2.96 bits per heavy atom. The van der Waals surface area contributed by atoms with Crippen LogP contribution in [0.3, 0.4) is 0 Å². The number of nitrogens with zero attached hydrogens (tertiary/aromatic N) is 4. The molecule has 0 radical (unpaired) electrons. The van der Waals surface area contributed by atoms with Crippen molar-refractivity contribution < 1.29 is 0 Å². The predicted molar refractivity (Wildman–Crippen MR) is 94.8 cm³/mol. The minimum atomic E-state index is 0.577. The van der Waals surface area contributed by atoms with Crippen molar-refractivity contribution in [1.82, 2.24) is 19.4 Å². The lowest BCUT2D eigenvalue weighted by molar-refractivity contribution is 1.05. The Bertz CT molecular complexity index is 1010. The van der Waals surface area contributed by atoms with Crippen LogP contribution in [0.25, 0.3) is 16.6 Å². The maximum atomic E-state index is 6.00. The van der Waals surface area contributed by atoms with Gasteiger partial charge in [-0.3, -0.25) is 0 Å². The lowest BCUT2D eigenvalue weighted by atomic mass is 10.2. The third-order valence-electron chi connectivity index (χ3n) is 3.50. The Labute approximate surface area is 145 Å². The second-order valence-corrected chi connectivity index (χ2v) is 6.43. The fourth-order valence-electron chi connectivity index (χ4n) is 2.45. The van der Waals surface area contributed by atoms with Crippen LogP contribution in [0.2, 0.25) is 5.02 Å². The third kappa shape index (κ3) is 2.87. The quantitative estimate of drug-likeness (QED) is 0.568. The van der Waals surface area contributed by atoms with E-state index in [1.54, 1.807) is 0 Å². The summed E-state index contributed by atoms with van der Waals surface area (Å²) in [7, 11) is 0. The van der Waals surface area contributed by atoms with Crippen molar-refractivity contribution >= 4 is 49.9 Å². The number of hydrogen-bond donors (Lipinski definition) is 1. The Balaban J connectivity index is 1.63. The summed E-state index contributed by atoms with van der Waals surface area (Å²) in [5.41, 5.74) is 2.65. The molecule has 0 aliphatic carbocycles. The molecule has 0 aliphatic heterocycles. The van der Waals surface area contributed by atoms with Gasteiger partial charge in [-0.2, -0.15) is 0 Å². The topological polar surface area (TPSA) is 55.1 Å². The lowest BCUT2D eigenvalue weighted by Crippen LogP contribution is -2.02. The highest BCUT2D eigenvalue weighted by Gasteiger charge is 2.06. The van der Waals surface area contributed by atoms with E-state index in [9.17, 15) is 0 Å². The summed E-state index contributed by atoms with van der Waals surface area (Å²) < 4.78 is 3.00.